The molecular formula is C14H16N2O. The van der Waals surface area contributed by atoms with E-state index in [1.165, 1.54) is 6.08 Å². The Morgan fingerprint density at radius 1 is 1.47 bits per heavy atom. The van der Waals surface area contributed by atoms with Gasteiger partial charge in [-0.2, -0.15) is 0 Å². The van der Waals surface area contributed by atoms with Crippen molar-refractivity contribution in [2.75, 3.05) is 0 Å². The van der Waals surface area contributed by atoms with Crippen molar-refractivity contribution in [1.29, 1.82) is 0 Å². The van der Waals surface area contributed by atoms with Crippen molar-refractivity contribution in [3.63, 3.8) is 0 Å². The first-order valence-electron chi connectivity index (χ1n) is 5.85. The van der Waals surface area contributed by atoms with Crippen LogP contribution < -0.4 is 0 Å². The fourth-order valence-electron chi connectivity index (χ4n) is 1.96. The average Bonchev–Trinajstić information content (AvgIpc) is 2.68. The number of aryl methyl sites for hydroxylation is 1. The summed E-state index contributed by atoms with van der Waals surface area (Å²) in [5, 5.41) is 0. The molecule has 0 saturated carbocycles. The molecule has 17 heavy (non-hydrogen) atoms. The standard InChI is InChI=1S/C14H16N2O/c1-3-9-16-13-8-6-5-7-12(13)15-14(16)10-11(17)4-2/h4-8H,2-3,9-10H2,1H3. The van der Waals surface area contributed by atoms with E-state index in [2.05, 4.69) is 23.1 Å². The summed E-state index contributed by atoms with van der Waals surface area (Å²) in [5.74, 6) is 0.843. The fraction of sp³-hybridized carbons (Fsp3) is 0.286. The van der Waals surface area contributed by atoms with E-state index in [9.17, 15) is 4.79 Å². The number of nitrogens with zero attached hydrogens (tertiary/aromatic N) is 2. The van der Waals surface area contributed by atoms with E-state index in [1.54, 1.807) is 0 Å². The highest BCUT2D eigenvalue weighted by Crippen LogP contribution is 2.17. The number of carbonyl (C=O) groups excluding carboxylic acids is 1. The molecule has 0 atom stereocenters. The first-order chi connectivity index (χ1) is 8.26. The zero-order valence-electron chi connectivity index (χ0n) is 10.0. The Balaban J connectivity index is 2.49. The predicted octanol–water partition coefficient (Wildman–Crippen LogP) is 2.74. The summed E-state index contributed by atoms with van der Waals surface area (Å²) < 4.78 is 2.12. The van der Waals surface area contributed by atoms with Gasteiger partial charge in [0.05, 0.1) is 17.5 Å². The Kier molecular flexibility index (Phi) is 3.38. The van der Waals surface area contributed by atoms with Crippen LogP contribution in [-0.4, -0.2) is 15.3 Å². The molecule has 2 rings (SSSR count). The van der Waals surface area contributed by atoms with Crippen LogP contribution in [0.3, 0.4) is 0 Å². The van der Waals surface area contributed by atoms with Gasteiger partial charge < -0.3 is 4.57 Å². The van der Waals surface area contributed by atoms with Crippen molar-refractivity contribution in [3.8, 4) is 0 Å². The van der Waals surface area contributed by atoms with Crippen LogP contribution in [0, 0.1) is 0 Å². The van der Waals surface area contributed by atoms with E-state index in [4.69, 9.17) is 0 Å². The highest BCUT2D eigenvalue weighted by Gasteiger charge is 2.11. The average molecular weight is 228 g/mol. The van der Waals surface area contributed by atoms with E-state index < -0.39 is 0 Å². The smallest absolute Gasteiger partial charge is 0.162 e. The molecule has 0 spiro atoms. The van der Waals surface area contributed by atoms with Crippen molar-refractivity contribution in [2.45, 2.75) is 26.3 Å². The molecule has 3 heteroatoms. The number of rotatable bonds is 5. The van der Waals surface area contributed by atoms with Crippen LogP contribution >= 0.6 is 0 Å². The number of imidazole rings is 1. The van der Waals surface area contributed by atoms with Crippen LogP contribution in [0.25, 0.3) is 11.0 Å². The predicted molar refractivity (Wildman–Crippen MR) is 68.9 cm³/mol. The maximum atomic E-state index is 11.4. The minimum atomic E-state index is 0.0117. The molecule has 3 nitrogen and oxygen atoms in total. The molecule has 0 unspecified atom stereocenters. The molecule has 0 bridgehead atoms. The summed E-state index contributed by atoms with van der Waals surface area (Å²) in [7, 11) is 0. The van der Waals surface area contributed by atoms with Crippen molar-refractivity contribution in [2.24, 2.45) is 0 Å². The number of fused-ring (bicyclic) bond motifs is 1. The van der Waals surface area contributed by atoms with Gasteiger partial charge in [-0.25, -0.2) is 4.98 Å². The number of allylic oxidation sites excluding steroid dienone is 1. The summed E-state index contributed by atoms with van der Waals surface area (Å²) >= 11 is 0. The molecule has 0 fully saturated rings. The number of hydrogen-bond acceptors (Lipinski definition) is 2. The van der Waals surface area contributed by atoms with Gasteiger partial charge in [0.25, 0.3) is 0 Å². The summed E-state index contributed by atoms with van der Waals surface area (Å²) in [6, 6.07) is 7.98. The number of hydrogen-bond donors (Lipinski definition) is 0. The second-order valence-electron chi connectivity index (χ2n) is 4.02. The largest absolute Gasteiger partial charge is 0.328 e. The molecule has 1 aromatic carbocycles. The molecule has 0 aliphatic carbocycles. The number of para-hydroxylation sites is 2. The van der Waals surface area contributed by atoms with Crippen molar-refractivity contribution >= 4 is 16.8 Å². The van der Waals surface area contributed by atoms with Gasteiger partial charge in [0.15, 0.2) is 5.78 Å². The first kappa shape index (κ1) is 11.6. The van der Waals surface area contributed by atoms with Crippen molar-refractivity contribution < 1.29 is 4.79 Å². The zero-order valence-corrected chi connectivity index (χ0v) is 10.0. The first-order valence-corrected chi connectivity index (χ1v) is 5.85. The molecule has 2 aromatic rings. The molecule has 1 heterocycles. The Morgan fingerprint density at radius 3 is 2.94 bits per heavy atom. The summed E-state index contributed by atoms with van der Waals surface area (Å²) in [5.41, 5.74) is 2.05. The van der Waals surface area contributed by atoms with E-state index in [-0.39, 0.29) is 5.78 Å². The molecule has 0 N–H and O–H groups in total. The lowest BCUT2D eigenvalue weighted by molar-refractivity contribution is -0.114. The third-order valence-corrected chi connectivity index (χ3v) is 2.74. The normalized spacial score (nSPS) is 10.6. The SMILES string of the molecule is C=CC(=O)Cc1nc2ccccc2n1CCC. The highest BCUT2D eigenvalue weighted by atomic mass is 16.1. The van der Waals surface area contributed by atoms with Crippen LogP contribution in [0.2, 0.25) is 0 Å². The molecule has 0 saturated heterocycles. The molecular weight excluding hydrogens is 212 g/mol. The number of ketones is 1. The quantitative estimate of drug-likeness (QED) is 0.737. The minimum absolute atomic E-state index is 0.0117. The van der Waals surface area contributed by atoms with Gasteiger partial charge >= 0.3 is 0 Å². The number of carbonyl (C=O) groups is 1. The maximum Gasteiger partial charge on any atom is 0.162 e. The summed E-state index contributed by atoms with van der Waals surface area (Å²) in [6.45, 7) is 6.51. The van der Waals surface area contributed by atoms with Gasteiger partial charge in [-0.05, 0) is 24.6 Å². The monoisotopic (exact) mass is 228 g/mol. The molecule has 1 aromatic heterocycles. The Morgan fingerprint density at radius 2 is 2.24 bits per heavy atom. The number of aromatic nitrogens is 2. The Labute approximate surface area is 101 Å². The van der Waals surface area contributed by atoms with Gasteiger partial charge in [-0.3, -0.25) is 4.79 Å². The zero-order chi connectivity index (χ0) is 12.3. The van der Waals surface area contributed by atoms with Gasteiger partial charge in [-0.15, -0.1) is 0 Å². The molecule has 88 valence electrons. The highest BCUT2D eigenvalue weighted by molar-refractivity contribution is 5.91. The van der Waals surface area contributed by atoms with Crippen LogP contribution in [0.5, 0.6) is 0 Å². The molecule has 0 aliphatic rings. The van der Waals surface area contributed by atoms with Gasteiger partial charge in [0.1, 0.15) is 5.82 Å². The summed E-state index contributed by atoms with van der Waals surface area (Å²) in [4.78, 5) is 16.0. The molecule has 0 amide bonds. The van der Waals surface area contributed by atoms with Crippen LogP contribution in [-0.2, 0) is 17.8 Å². The Bertz CT molecular complexity index is 554. The molecule has 0 aliphatic heterocycles. The van der Waals surface area contributed by atoms with Crippen molar-refractivity contribution in [3.05, 3.63) is 42.7 Å². The lowest BCUT2D eigenvalue weighted by atomic mass is 10.2. The Hall–Kier alpha value is -1.90. The third kappa shape index (κ3) is 2.28. The lowest BCUT2D eigenvalue weighted by Crippen LogP contribution is -2.08. The maximum absolute atomic E-state index is 11.4. The van der Waals surface area contributed by atoms with E-state index in [1.807, 2.05) is 24.3 Å². The third-order valence-electron chi connectivity index (χ3n) is 2.74. The summed E-state index contributed by atoms with van der Waals surface area (Å²) in [6.07, 6.45) is 2.71. The fourth-order valence-corrected chi connectivity index (χ4v) is 1.96. The molecule has 0 radical (unpaired) electrons. The van der Waals surface area contributed by atoms with Gasteiger partial charge in [0, 0.05) is 6.54 Å². The van der Waals surface area contributed by atoms with Gasteiger partial charge in [0.2, 0.25) is 0 Å². The van der Waals surface area contributed by atoms with Crippen molar-refractivity contribution in [1.82, 2.24) is 9.55 Å². The van der Waals surface area contributed by atoms with Crippen LogP contribution in [0.1, 0.15) is 19.2 Å². The van der Waals surface area contributed by atoms with E-state index in [0.717, 1.165) is 29.8 Å². The van der Waals surface area contributed by atoms with Crippen LogP contribution in [0.15, 0.2) is 36.9 Å². The topological polar surface area (TPSA) is 34.9 Å². The second-order valence-corrected chi connectivity index (χ2v) is 4.02. The van der Waals surface area contributed by atoms with Crippen LogP contribution in [0.4, 0.5) is 0 Å². The minimum Gasteiger partial charge on any atom is -0.328 e. The number of benzene rings is 1. The van der Waals surface area contributed by atoms with Gasteiger partial charge in [-0.1, -0.05) is 25.6 Å². The second kappa shape index (κ2) is 4.95. The van der Waals surface area contributed by atoms with E-state index >= 15 is 0 Å². The van der Waals surface area contributed by atoms with E-state index in [0.29, 0.717) is 6.42 Å². The lowest BCUT2D eigenvalue weighted by Gasteiger charge is -2.05.